The number of urea groups is 1. The number of amides is 4. The number of carbonyl (C=O) groups is 3. The van der Waals surface area contributed by atoms with E-state index in [4.69, 9.17) is 0 Å². The summed E-state index contributed by atoms with van der Waals surface area (Å²) in [6, 6.07) is -0.0473. The first-order chi connectivity index (χ1) is 10.9. The summed E-state index contributed by atoms with van der Waals surface area (Å²) in [5.74, 6) is -0.311. The first kappa shape index (κ1) is 16.3. The lowest BCUT2D eigenvalue weighted by Crippen LogP contribution is -2.52. The van der Waals surface area contributed by atoms with Crippen molar-refractivity contribution in [3.05, 3.63) is 0 Å². The maximum absolute atomic E-state index is 12.7. The van der Waals surface area contributed by atoms with Gasteiger partial charge in [-0.05, 0) is 46.0 Å². The average molecular weight is 321 g/mol. The monoisotopic (exact) mass is 321 g/mol. The summed E-state index contributed by atoms with van der Waals surface area (Å²) in [5, 5.41) is 2.87. The fourth-order valence-electron chi connectivity index (χ4n) is 4.44. The predicted octanol–water partition coefficient (Wildman–Crippen LogP) is 2.03. The van der Waals surface area contributed by atoms with Crippen molar-refractivity contribution in [1.29, 1.82) is 0 Å². The molecular weight excluding hydrogens is 294 g/mol. The Morgan fingerprint density at radius 1 is 1.09 bits per heavy atom. The van der Waals surface area contributed by atoms with Gasteiger partial charge in [-0.25, -0.2) is 4.79 Å². The Hall–Kier alpha value is -1.59. The van der Waals surface area contributed by atoms with Gasteiger partial charge in [0.2, 0.25) is 5.91 Å². The summed E-state index contributed by atoms with van der Waals surface area (Å²) < 4.78 is 0. The summed E-state index contributed by atoms with van der Waals surface area (Å²) in [6.07, 6.45) is 7.49. The fourth-order valence-corrected chi connectivity index (χ4v) is 4.44. The molecule has 0 aromatic carbocycles. The molecule has 6 heteroatoms. The van der Waals surface area contributed by atoms with Gasteiger partial charge in [0, 0.05) is 12.1 Å². The molecule has 1 N–H and O–H groups in total. The van der Waals surface area contributed by atoms with Crippen LogP contribution in [0.15, 0.2) is 0 Å². The van der Waals surface area contributed by atoms with Crippen LogP contribution in [0.5, 0.6) is 0 Å². The van der Waals surface area contributed by atoms with E-state index in [0.717, 1.165) is 43.4 Å². The third-order valence-electron chi connectivity index (χ3n) is 5.73. The summed E-state index contributed by atoms with van der Waals surface area (Å²) in [7, 11) is 0. The highest BCUT2D eigenvalue weighted by Gasteiger charge is 2.52. The normalized spacial score (nSPS) is 30.7. The van der Waals surface area contributed by atoms with Gasteiger partial charge in [0.15, 0.2) is 0 Å². The van der Waals surface area contributed by atoms with Gasteiger partial charge in [0.05, 0.1) is 0 Å². The van der Waals surface area contributed by atoms with Gasteiger partial charge in [-0.1, -0.05) is 19.3 Å². The standard InChI is InChI=1S/C17H27N3O3/c1-12-7-6-8-13(2)20(12)14(21)11-19-15(22)17(18-16(19)23)9-4-3-5-10-17/h12-13H,3-11H2,1-2H3,(H,18,23)/t12-,13+. The molecule has 0 radical (unpaired) electrons. The zero-order valence-electron chi connectivity index (χ0n) is 14.1. The van der Waals surface area contributed by atoms with E-state index < -0.39 is 11.6 Å². The third-order valence-corrected chi connectivity index (χ3v) is 5.73. The van der Waals surface area contributed by atoms with E-state index in [2.05, 4.69) is 5.32 Å². The van der Waals surface area contributed by atoms with Crippen molar-refractivity contribution in [2.24, 2.45) is 0 Å². The molecule has 3 rings (SSSR count). The zero-order valence-corrected chi connectivity index (χ0v) is 14.1. The molecule has 2 heterocycles. The van der Waals surface area contributed by atoms with Crippen LogP contribution in [0.3, 0.4) is 0 Å². The zero-order chi connectivity index (χ0) is 16.6. The number of piperidine rings is 1. The van der Waals surface area contributed by atoms with E-state index in [0.29, 0.717) is 12.8 Å². The minimum Gasteiger partial charge on any atom is -0.336 e. The lowest BCUT2D eigenvalue weighted by atomic mass is 9.82. The predicted molar refractivity (Wildman–Crippen MR) is 85.7 cm³/mol. The number of likely N-dealkylation sites (tertiary alicyclic amines) is 1. The van der Waals surface area contributed by atoms with Crippen LogP contribution in [0.1, 0.15) is 65.2 Å². The molecule has 1 saturated carbocycles. The summed E-state index contributed by atoms with van der Waals surface area (Å²) in [4.78, 5) is 40.7. The van der Waals surface area contributed by atoms with Gasteiger partial charge in [-0.3, -0.25) is 14.5 Å². The van der Waals surface area contributed by atoms with E-state index in [9.17, 15) is 14.4 Å². The number of hydrogen-bond donors (Lipinski definition) is 1. The SMILES string of the molecule is C[C@@H]1CCC[C@H](C)N1C(=O)CN1C(=O)NC2(CCCCC2)C1=O. The number of imide groups is 1. The molecule has 0 aromatic heterocycles. The van der Waals surface area contributed by atoms with E-state index in [1.165, 1.54) is 0 Å². The smallest absolute Gasteiger partial charge is 0.325 e. The van der Waals surface area contributed by atoms with Crippen molar-refractivity contribution in [2.75, 3.05) is 6.54 Å². The number of hydrogen-bond acceptors (Lipinski definition) is 3. The highest BCUT2D eigenvalue weighted by Crippen LogP contribution is 2.34. The van der Waals surface area contributed by atoms with Crippen molar-refractivity contribution in [2.45, 2.75) is 82.8 Å². The number of carbonyl (C=O) groups excluding carboxylic acids is 3. The van der Waals surface area contributed by atoms with Crippen LogP contribution in [0.25, 0.3) is 0 Å². The molecule has 128 valence electrons. The Bertz CT molecular complexity index is 503. The van der Waals surface area contributed by atoms with E-state index in [1.54, 1.807) is 0 Å². The maximum Gasteiger partial charge on any atom is 0.325 e. The molecule has 0 unspecified atom stereocenters. The third kappa shape index (κ3) is 2.83. The molecular formula is C17H27N3O3. The highest BCUT2D eigenvalue weighted by molar-refractivity contribution is 6.09. The van der Waals surface area contributed by atoms with Crippen LogP contribution in [0.2, 0.25) is 0 Å². The molecule has 23 heavy (non-hydrogen) atoms. The second-order valence-corrected chi connectivity index (χ2v) is 7.39. The van der Waals surface area contributed by atoms with Crippen LogP contribution >= 0.6 is 0 Å². The summed E-state index contributed by atoms with van der Waals surface area (Å²) >= 11 is 0. The van der Waals surface area contributed by atoms with Crippen LogP contribution in [-0.2, 0) is 9.59 Å². The second kappa shape index (κ2) is 6.13. The van der Waals surface area contributed by atoms with Crippen LogP contribution in [-0.4, -0.2) is 51.8 Å². The molecule has 3 aliphatic rings. The van der Waals surface area contributed by atoms with E-state index in [-0.39, 0.29) is 30.4 Å². The fraction of sp³-hybridized carbons (Fsp3) is 0.824. The molecule has 2 atom stereocenters. The van der Waals surface area contributed by atoms with Crippen LogP contribution < -0.4 is 5.32 Å². The van der Waals surface area contributed by atoms with E-state index >= 15 is 0 Å². The minimum atomic E-state index is -0.741. The van der Waals surface area contributed by atoms with Crippen molar-refractivity contribution in [3.8, 4) is 0 Å². The molecule has 1 aliphatic carbocycles. The molecule has 2 aliphatic heterocycles. The largest absolute Gasteiger partial charge is 0.336 e. The molecule has 0 bridgehead atoms. The number of rotatable bonds is 2. The molecule has 4 amide bonds. The Kier molecular flexibility index (Phi) is 4.34. The highest BCUT2D eigenvalue weighted by atomic mass is 16.2. The average Bonchev–Trinajstić information content (AvgIpc) is 2.72. The van der Waals surface area contributed by atoms with Gasteiger partial charge in [0.25, 0.3) is 5.91 Å². The van der Waals surface area contributed by atoms with Gasteiger partial charge in [-0.2, -0.15) is 0 Å². The lowest BCUT2D eigenvalue weighted by Gasteiger charge is -2.39. The summed E-state index contributed by atoms with van der Waals surface area (Å²) in [6.45, 7) is 3.96. The van der Waals surface area contributed by atoms with Gasteiger partial charge >= 0.3 is 6.03 Å². The first-order valence-corrected chi connectivity index (χ1v) is 8.90. The van der Waals surface area contributed by atoms with Crippen LogP contribution in [0, 0.1) is 0 Å². The number of nitrogens with one attached hydrogen (secondary N) is 1. The summed E-state index contributed by atoms with van der Waals surface area (Å²) in [5.41, 5.74) is -0.741. The van der Waals surface area contributed by atoms with Crippen molar-refractivity contribution >= 4 is 17.8 Å². The second-order valence-electron chi connectivity index (χ2n) is 7.39. The molecule has 6 nitrogen and oxygen atoms in total. The number of nitrogens with zero attached hydrogens (tertiary/aromatic N) is 2. The van der Waals surface area contributed by atoms with Crippen molar-refractivity contribution in [3.63, 3.8) is 0 Å². The van der Waals surface area contributed by atoms with Crippen molar-refractivity contribution in [1.82, 2.24) is 15.1 Å². The molecule has 3 fully saturated rings. The molecule has 2 saturated heterocycles. The topological polar surface area (TPSA) is 69.7 Å². The first-order valence-electron chi connectivity index (χ1n) is 8.90. The van der Waals surface area contributed by atoms with Crippen molar-refractivity contribution < 1.29 is 14.4 Å². The van der Waals surface area contributed by atoms with Crippen LogP contribution in [0.4, 0.5) is 4.79 Å². The Labute approximate surface area is 137 Å². The Morgan fingerprint density at radius 3 is 2.30 bits per heavy atom. The lowest BCUT2D eigenvalue weighted by molar-refractivity contribution is -0.143. The molecule has 0 aromatic rings. The minimum absolute atomic E-state index is 0.110. The Morgan fingerprint density at radius 2 is 1.70 bits per heavy atom. The quantitative estimate of drug-likeness (QED) is 0.791. The molecule has 1 spiro atoms. The van der Waals surface area contributed by atoms with Gasteiger partial charge in [-0.15, -0.1) is 0 Å². The Balaban J connectivity index is 1.71. The van der Waals surface area contributed by atoms with E-state index in [1.807, 2.05) is 18.7 Å². The maximum atomic E-state index is 12.7. The van der Waals surface area contributed by atoms with Gasteiger partial charge < -0.3 is 10.2 Å². The van der Waals surface area contributed by atoms with Gasteiger partial charge in [0.1, 0.15) is 12.1 Å².